The summed E-state index contributed by atoms with van der Waals surface area (Å²) in [6.45, 7) is 0.363. The summed E-state index contributed by atoms with van der Waals surface area (Å²) < 4.78 is 12.5. The SMILES string of the molecule is C1=C(CCc2ccc3cccc[n+]3c2)OCO1. The quantitative estimate of drug-likeness (QED) is 0.751. The maximum atomic E-state index is 5.29. The Morgan fingerprint density at radius 3 is 3.00 bits per heavy atom. The van der Waals surface area contributed by atoms with E-state index in [1.807, 2.05) is 12.1 Å². The lowest BCUT2D eigenvalue weighted by Gasteiger charge is -2.00. The Labute approximate surface area is 99.9 Å². The Morgan fingerprint density at radius 1 is 1.12 bits per heavy atom. The fourth-order valence-corrected chi connectivity index (χ4v) is 1.96. The molecule has 0 atom stereocenters. The summed E-state index contributed by atoms with van der Waals surface area (Å²) in [4.78, 5) is 0. The van der Waals surface area contributed by atoms with Crippen molar-refractivity contribution < 1.29 is 13.9 Å². The minimum absolute atomic E-state index is 0.363. The molecule has 0 N–H and O–H groups in total. The second-order valence-electron chi connectivity index (χ2n) is 4.08. The van der Waals surface area contributed by atoms with Crippen LogP contribution in [0.5, 0.6) is 0 Å². The first-order chi connectivity index (χ1) is 8.42. The highest BCUT2D eigenvalue weighted by Crippen LogP contribution is 2.14. The van der Waals surface area contributed by atoms with Crippen molar-refractivity contribution in [3.8, 4) is 0 Å². The Balaban J connectivity index is 1.76. The van der Waals surface area contributed by atoms with Gasteiger partial charge in [0.1, 0.15) is 12.0 Å². The molecule has 3 nitrogen and oxygen atoms in total. The molecule has 0 fully saturated rings. The zero-order valence-corrected chi connectivity index (χ0v) is 9.50. The van der Waals surface area contributed by atoms with E-state index in [0.717, 1.165) is 18.6 Å². The van der Waals surface area contributed by atoms with Gasteiger partial charge in [-0.15, -0.1) is 0 Å². The minimum Gasteiger partial charge on any atom is -0.462 e. The predicted octanol–water partition coefficient (Wildman–Crippen LogP) is 2.20. The maximum absolute atomic E-state index is 5.29. The molecule has 2 aromatic rings. The average molecular weight is 228 g/mol. The lowest BCUT2D eigenvalue weighted by atomic mass is 10.1. The summed E-state index contributed by atoms with van der Waals surface area (Å²) in [5.74, 6) is 0.933. The number of nitrogens with zero attached hydrogens (tertiary/aromatic N) is 1. The van der Waals surface area contributed by atoms with E-state index in [1.165, 1.54) is 11.1 Å². The first-order valence-electron chi connectivity index (χ1n) is 5.74. The van der Waals surface area contributed by atoms with Crippen molar-refractivity contribution in [2.75, 3.05) is 6.79 Å². The molecule has 0 saturated heterocycles. The lowest BCUT2D eigenvalue weighted by Crippen LogP contribution is -2.20. The molecular formula is C14H14NO2+. The van der Waals surface area contributed by atoms with Gasteiger partial charge in [0.15, 0.2) is 12.4 Å². The number of pyridine rings is 2. The molecule has 0 amide bonds. The van der Waals surface area contributed by atoms with Crippen molar-refractivity contribution in [2.24, 2.45) is 0 Å². The molecule has 0 saturated carbocycles. The summed E-state index contributed by atoms with van der Waals surface area (Å²) in [6.07, 6.45) is 7.78. The van der Waals surface area contributed by atoms with Crippen molar-refractivity contribution >= 4 is 5.52 Å². The van der Waals surface area contributed by atoms with Crippen LogP contribution in [0.15, 0.2) is 54.7 Å². The zero-order valence-electron chi connectivity index (χ0n) is 9.50. The molecule has 0 spiro atoms. The van der Waals surface area contributed by atoms with E-state index < -0.39 is 0 Å². The van der Waals surface area contributed by atoms with Crippen LogP contribution in [0.3, 0.4) is 0 Å². The monoisotopic (exact) mass is 228 g/mol. The Morgan fingerprint density at radius 2 is 2.12 bits per heavy atom. The number of rotatable bonds is 3. The number of ether oxygens (including phenoxy) is 2. The Hall–Kier alpha value is -2.03. The zero-order chi connectivity index (χ0) is 11.5. The normalized spacial score (nSPS) is 14.2. The number of hydrogen-bond donors (Lipinski definition) is 0. The van der Waals surface area contributed by atoms with Gasteiger partial charge in [-0.05, 0) is 18.6 Å². The highest BCUT2D eigenvalue weighted by Gasteiger charge is 2.08. The first kappa shape index (κ1) is 10.1. The molecule has 0 aliphatic carbocycles. The summed E-state index contributed by atoms with van der Waals surface area (Å²) >= 11 is 0. The van der Waals surface area contributed by atoms with Crippen LogP contribution in [0.25, 0.3) is 5.52 Å². The lowest BCUT2D eigenvalue weighted by molar-refractivity contribution is -0.512. The molecule has 3 heterocycles. The van der Waals surface area contributed by atoms with E-state index in [4.69, 9.17) is 9.47 Å². The van der Waals surface area contributed by atoms with Gasteiger partial charge < -0.3 is 9.47 Å². The van der Waals surface area contributed by atoms with E-state index in [0.29, 0.717) is 6.79 Å². The molecule has 3 heteroatoms. The van der Waals surface area contributed by atoms with Crippen molar-refractivity contribution in [1.29, 1.82) is 0 Å². The standard InChI is InChI=1S/C14H14NO2/c1-2-8-15-9-12(4-6-13(15)3-1)5-7-14-10-16-11-17-14/h1-4,6,8-10H,5,7,11H2/q+1. The smallest absolute Gasteiger partial charge is 0.229 e. The number of allylic oxidation sites excluding steroid dienone is 1. The van der Waals surface area contributed by atoms with Gasteiger partial charge in [0.05, 0.1) is 0 Å². The van der Waals surface area contributed by atoms with Gasteiger partial charge >= 0.3 is 0 Å². The summed E-state index contributed by atoms with van der Waals surface area (Å²) in [7, 11) is 0. The Bertz CT molecular complexity index is 563. The van der Waals surface area contributed by atoms with Crippen LogP contribution in [0.2, 0.25) is 0 Å². The van der Waals surface area contributed by atoms with E-state index in [2.05, 4.69) is 35.0 Å². The second-order valence-corrected chi connectivity index (χ2v) is 4.08. The second kappa shape index (κ2) is 4.45. The number of aromatic nitrogens is 1. The van der Waals surface area contributed by atoms with Crippen LogP contribution >= 0.6 is 0 Å². The third kappa shape index (κ3) is 2.23. The fraction of sp³-hybridized carbons (Fsp3) is 0.214. The third-order valence-electron chi connectivity index (χ3n) is 2.88. The van der Waals surface area contributed by atoms with Crippen molar-refractivity contribution in [3.05, 3.63) is 60.3 Å². The topological polar surface area (TPSA) is 22.6 Å². The maximum Gasteiger partial charge on any atom is 0.229 e. The number of hydrogen-bond acceptors (Lipinski definition) is 2. The van der Waals surface area contributed by atoms with Crippen LogP contribution in [-0.4, -0.2) is 6.79 Å². The van der Waals surface area contributed by atoms with Gasteiger partial charge in [-0.3, -0.25) is 0 Å². The van der Waals surface area contributed by atoms with Crippen LogP contribution in [-0.2, 0) is 15.9 Å². The summed E-state index contributed by atoms with van der Waals surface area (Å²) in [6, 6.07) is 10.5. The van der Waals surface area contributed by atoms with Crippen LogP contribution in [0.1, 0.15) is 12.0 Å². The van der Waals surface area contributed by atoms with Gasteiger partial charge in [0.2, 0.25) is 12.3 Å². The largest absolute Gasteiger partial charge is 0.462 e. The van der Waals surface area contributed by atoms with Crippen molar-refractivity contribution in [1.82, 2.24) is 0 Å². The molecule has 1 aliphatic heterocycles. The van der Waals surface area contributed by atoms with E-state index in [9.17, 15) is 0 Å². The third-order valence-corrected chi connectivity index (χ3v) is 2.88. The number of aryl methyl sites for hydroxylation is 1. The van der Waals surface area contributed by atoms with Gasteiger partial charge in [-0.1, -0.05) is 0 Å². The van der Waals surface area contributed by atoms with Gasteiger partial charge in [0.25, 0.3) is 0 Å². The number of fused-ring (bicyclic) bond motifs is 1. The van der Waals surface area contributed by atoms with Crippen molar-refractivity contribution in [3.63, 3.8) is 0 Å². The van der Waals surface area contributed by atoms with E-state index in [-0.39, 0.29) is 0 Å². The molecule has 0 bridgehead atoms. The van der Waals surface area contributed by atoms with E-state index >= 15 is 0 Å². The highest BCUT2D eigenvalue weighted by molar-refractivity contribution is 5.38. The molecule has 0 radical (unpaired) electrons. The highest BCUT2D eigenvalue weighted by atomic mass is 16.7. The fourth-order valence-electron chi connectivity index (χ4n) is 1.96. The average Bonchev–Trinajstić information content (AvgIpc) is 2.89. The minimum atomic E-state index is 0.363. The van der Waals surface area contributed by atoms with Gasteiger partial charge in [0, 0.05) is 30.2 Å². The van der Waals surface area contributed by atoms with Gasteiger partial charge in [-0.2, -0.15) is 4.40 Å². The first-order valence-corrected chi connectivity index (χ1v) is 5.74. The molecule has 3 rings (SSSR count). The molecule has 17 heavy (non-hydrogen) atoms. The molecule has 0 aromatic carbocycles. The molecule has 1 aliphatic rings. The van der Waals surface area contributed by atoms with Crippen LogP contribution < -0.4 is 4.40 Å². The molecule has 2 aromatic heterocycles. The van der Waals surface area contributed by atoms with Gasteiger partial charge in [-0.25, -0.2) is 0 Å². The Kier molecular flexibility index (Phi) is 2.66. The molecular weight excluding hydrogens is 214 g/mol. The molecule has 86 valence electrons. The van der Waals surface area contributed by atoms with E-state index in [1.54, 1.807) is 6.26 Å². The summed E-state index contributed by atoms with van der Waals surface area (Å²) in [5, 5.41) is 0. The van der Waals surface area contributed by atoms with Crippen molar-refractivity contribution in [2.45, 2.75) is 12.8 Å². The summed E-state index contributed by atoms with van der Waals surface area (Å²) in [5.41, 5.74) is 2.50. The van der Waals surface area contributed by atoms with Crippen LogP contribution in [0.4, 0.5) is 0 Å². The predicted molar refractivity (Wildman–Crippen MR) is 63.0 cm³/mol. The van der Waals surface area contributed by atoms with Crippen LogP contribution in [0, 0.1) is 0 Å². The molecule has 0 unspecified atom stereocenters.